The molecule has 0 saturated heterocycles. The van der Waals surface area contributed by atoms with Gasteiger partial charge in [-0.05, 0) is 42.9 Å². The Labute approximate surface area is 160 Å². The zero-order valence-electron chi connectivity index (χ0n) is 15.3. The van der Waals surface area contributed by atoms with Crippen LogP contribution in [0.25, 0.3) is 10.2 Å². The Morgan fingerprint density at radius 3 is 3.07 bits per heavy atom. The molecule has 7 heteroatoms. The van der Waals surface area contributed by atoms with Crippen molar-refractivity contribution in [3.63, 3.8) is 0 Å². The van der Waals surface area contributed by atoms with E-state index in [1.165, 1.54) is 27.8 Å². The lowest BCUT2D eigenvalue weighted by Crippen LogP contribution is -2.30. The van der Waals surface area contributed by atoms with Crippen molar-refractivity contribution in [2.24, 2.45) is 13.0 Å². The van der Waals surface area contributed by atoms with Crippen LogP contribution in [0.3, 0.4) is 0 Å². The summed E-state index contributed by atoms with van der Waals surface area (Å²) in [5.41, 5.74) is 1.76. The average Bonchev–Trinajstić information content (AvgIpc) is 2.87. The lowest BCUT2D eigenvalue weighted by molar-refractivity contribution is 0.0949. The number of nitrogens with one attached hydrogen (secondary N) is 1. The second kappa shape index (κ2) is 7.15. The molecule has 0 radical (unpaired) electrons. The van der Waals surface area contributed by atoms with Crippen molar-refractivity contribution in [2.75, 3.05) is 13.2 Å². The van der Waals surface area contributed by atoms with E-state index in [1.807, 2.05) is 25.1 Å². The van der Waals surface area contributed by atoms with Gasteiger partial charge in [0.05, 0.1) is 23.2 Å². The summed E-state index contributed by atoms with van der Waals surface area (Å²) in [6.45, 7) is 3.04. The van der Waals surface area contributed by atoms with Gasteiger partial charge in [0.25, 0.3) is 11.5 Å². The summed E-state index contributed by atoms with van der Waals surface area (Å²) in [5.74, 6) is 1.11. The molecule has 1 N–H and O–H groups in total. The number of aromatic nitrogens is 2. The zero-order valence-corrected chi connectivity index (χ0v) is 16.1. The number of ether oxygens (including phenoxy) is 1. The van der Waals surface area contributed by atoms with E-state index in [-0.39, 0.29) is 11.5 Å². The summed E-state index contributed by atoms with van der Waals surface area (Å²) in [7, 11) is 1.66. The first kappa shape index (κ1) is 17.7. The fourth-order valence-electron chi connectivity index (χ4n) is 3.48. The highest BCUT2D eigenvalue weighted by Gasteiger charge is 2.21. The van der Waals surface area contributed by atoms with Crippen LogP contribution in [-0.4, -0.2) is 28.6 Å². The van der Waals surface area contributed by atoms with Crippen molar-refractivity contribution in [2.45, 2.75) is 19.8 Å². The van der Waals surface area contributed by atoms with Crippen molar-refractivity contribution in [3.8, 4) is 5.75 Å². The van der Waals surface area contributed by atoms with E-state index < -0.39 is 0 Å². The normalized spacial score (nSPS) is 16.4. The fourth-order valence-corrected chi connectivity index (χ4v) is 4.53. The number of carbonyl (C=O) groups is 1. The van der Waals surface area contributed by atoms with Gasteiger partial charge in [0, 0.05) is 13.6 Å². The van der Waals surface area contributed by atoms with Gasteiger partial charge in [-0.3, -0.25) is 9.59 Å². The van der Waals surface area contributed by atoms with E-state index in [0.717, 1.165) is 18.6 Å². The molecule has 1 atom stereocenters. The van der Waals surface area contributed by atoms with Crippen molar-refractivity contribution in [1.82, 2.24) is 14.9 Å². The van der Waals surface area contributed by atoms with Gasteiger partial charge < -0.3 is 14.6 Å². The third-order valence-electron chi connectivity index (χ3n) is 5.03. The summed E-state index contributed by atoms with van der Waals surface area (Å²) in [6.07, 6.45) is 3.26. The first-order valence-electron chi connectivity index (χ1n) is 8.98. The van der Waals surface area contributed by atoms with E-state index in [0.29, 0.717) is 39.7 Å². The Kier molecular flexibility index (Phi) is 4.70. The molecule has 3 heterocycles. The molecule has 6 nitrogen and oxygen atoms in total. The minimum absolute atomic E-state index is 0.120. The molecule has 27 heavy (non-hydrogen) atoms. The molecule has 4 rings (SSSR count). The maximum absolute atomic E-state index is 12.7. The van der Waals surface area contributed by atoms with Gasteiger partial charge in [-0.25, -0.2) is 4.98 Å². The summed E-state index contributed by atoms with van der Waals surface area (Å²) in [6, 6.07) is 8.05. The average molecular weight is 383 g/mol. The number of thiophene rings is 1. The molecule has 140 valence electrons. The smallest absolute Gasteiger partial charge is 0.262 e. The molecule has 2 aromatic heterocycles. The molecular formula is C20H21N3O3S. The van der Waals surface area contributed by atoms with Gasteiger partial charge in [0.2, 0.25) is 0 Å². The molecule has 0 saturated carbocycles. The van der Waals surface area contributed by atoms with Crippen LogP contribution in [0, 0.1) is 12.8 Å². The molecule has 0 spiro atoms. The first-order valence-corrected chi connectivity index (χ1v) is 9.80. The Bertz CT molecular complexity index is 1070. The minimum atomic E-state index is -0.143. The highest BCUT2D eigenvalue weighted by Crippen LogP contribution is 2.28. The number of hydrogen-bond acceptors (Lipinski definition) is 5. The van der Waals surface area contributed by atoms with E-state index in [2.05, 4.69) is 16.4 Å². The van der Waals surface area contributed by atoms with Crippen LogP contribution in [0.2, 0.25) is 0 Å². The minimum Gasteiger partial charge on any atom is -0.493 e. The Morgan fingerprint density at radius 2 is 2.22 bits per heavy atom. The summed E-state index contributed by atoms with van der Waals surface area (Å²) < 4.78 is 7.23. The van der Waals surface area contributed by atoms with Gasteiger partial charge in [0.15, 0.2) is 0 Å². The number of aryl methyl sites for hydroxylation is 2. The standard InChI is InChI=1S/C20H21N3O3S/c1-12-16-19(22-11-23(2)20(16)25)27-17(12)18(24)21-10-13-7-8-26-15-6-4-3-5-14(15)9-13/h3-6,11,13H,7-10H2,1-2H3,(H,21,24)/t13-/m0/s1. The molecule has 3 aromatic rings. The highest BCUT2D eigenvalue weighted by molar-refractivity contribution is 7.20. The topological polar surface area (TPSA) is 73.2 Å². The number of hydrogen-bond donors (Lipinski definition) is 1. The molecular weight excluding hydrogens is 362 g/mol. The van der Waals surface area contributed by atoms with E-state index in [9.17, 15) is 9.59 Å². The Balaban J connectivity index is 1.50. The maximum Gasteiger partial charge on any atom is 0.262 e. The third-order valence-corrected chi connectivity index (χ3v) is 6.23. The quantitative estimate of drug-likeness (QED) is 0.755. The SMILES string of the molecule is Cc1c(C(=O)NC[C@H]2CCOc3ccccc3C2)sc2ncn(C)c(=O)c12. The maximum atomic E-state index is 12.7. The molecule has 0 unspecified atom stereocenters. The van der Waals surface area contributed by atoms with Crippen LogP contribution < -0.4 is 15.6 Å². The van der Waals surface area contributed by atoms with Gasteiger partial charge in [-0.15, -0.1) is 11.3 Å². The van der Waals surface area contributed by atoms with Crippen LogP contribution in [-0.2, 0) is 13.5 Å². The van der Waals surface area contributed by atoms with Gasteiger partial charge in [-0.1, -0.05) is 18.2 Å². The molecule has 1 amide bonds. The number of para-hydroxylation sites is 1. The lowest BCUT2D eigenvalue weighted by atomic mass is 9.97. The van der Waals surface area contributed by atoms with Crippen LogP contribution in [0.15, 0.2) is 35.4 Å². The van der Waals surface area contributed by atoms with Gasteiger partial charge >= 0.3 is 0 Å². The molecule has 0 fully saturated rings. The van der Waals surface area contributed by atoms with E-state index in [1.54, 1.807) is 7.05 Å². The number of amides is 1. The monoisotopic (exact) mass is 383 g/mol. The first-order chi connectivity index (χ1) is 13.0. The van der Waals surface area contributed by atoms with Crippen molar-refractivity contribution < 1.29 is 9.53 Å². The molecule has 1 aliphatic rings. The van der Waals surface area contributed by atoms with Crippen LogP contribution in [0.1, 0.15) is 27.2 Å². The third kappa shape index (κ3) is 3.35. The summed E-state index contributed by atoms with van der Waals surface area (Å²) in [4.78, 5) is 30.5. The molecule has 1 aromatic carbocycles. The zero-order chi connectivity index (χ0) is 19.0. The molecule has 0 aliphatic carbocycles. The largest absolute Gasteiger partial charge is 0.493 e. The number of fused-ring (bicyclic) bond motifs is 2. The predicted molar refractivity (Wildman–Crippen MR) is 106 cm³/mol. The number of rotatable bonds is 3. The van der Waals surface area contributed by atoms with Crippen LogP contribution in [0.5, 0.6) is 5.75 Å². The highest BCUT2D eigenvalue weighted by atomic mass is 32.1. The summed E-state index contributed by atoms with van der Waals surface area (Å²) >= 11 is 1.27. The van der Waals surface area contributed by atoms with Crippen LogP contribution in [0.4, 0.5) is 0 Å². The number of carbonyl (C=O) groups excluding carboxylic acids is 1. The van der Waals surface area contributed by atoms with E-state index in [4.69, 9.17) is 4.74 Å². The van der Waals surface area contributed by atoms with Gasteiger partial charge in [-0.2, -0.15) is 0 Å². The van der Waals surface area contributed by atoms with Crippen LogP contribution >= 0.6 is 11.3 Å². The second-order valence-corrected chi connectivity index (χ2v) is 7.92. The van der Waals surface area contributed by atoms with Crippen molar-refractivity contribution in [3.05, 3.63) is 57.0 Å². The number of benzene rings is 1. The van der Waals surface area contributed by atoms with Gasteiger partial charge in [0.1, 0.15) is 10.6 Å². The Hall–Kier alpha value is -2.67. The van der Waals surface area contributed by atoms with Crippen molar-refractivity contribution in [1.29, 1.82) is 0 Å². The second-order valence-electron chi connectivity index (χ2n) is 6.92. The fraction of sp³-hybridized carbons (Fsp3) is 0.350. The lowest BCUT2D eigenvalue weighted by Gasteiger charge is -2.14. The molecule has 1 aliphatic heterocycles. The van der Waals surface area contributed by atoms with Crippen molar-refractivity contribution >= 4 is 27.5 Å². The number of nitrogens with zero attached hydrogens (tertiary/aromatic N) is 2. The van der Waals surface area contributed by atoms with E-state index >= 15 is 0 Å². The molecule has 0 bridgehead atoms. The Morgan fingerprint density at radius 1 is 1.41 bits per heavy atom. The predicted octanol–water partition coefficient (Wildman–Crippen LogP) is 2.67. The summed E-state index contributed by atoms with van der Waals surface area (Å²) in [5, 5.41) is 3.58.